The Morgan fingerprint density at radius 3 is 2.74 bits per heavy atom. The molecule has 0 aromatic carbocycles. The Morgan fingerprint density at radius 2 is 1.96 bits per heavy atom. The summed E-state index contributed by atoms with van der Waals surface area (Å²) in [5.74, 6) is 0. The highest BCUT2D eigenvalue weighted by atomic mass is 16.5. The predicted octanol–water partition coefficient (Wildman–Crippen LogP) is 2.69. The van der Waals surface area contributed by atoms with Crippen molar-refractivity contribution in [2.45, 2.75) is 69.4 Å². The molecular weight excluding hydrogens is 292 g/mol. The van der Waals surface area contributed by atoms with Gasteiger partial charge in [0.1, 0.15) is 0 Å². The van der Waals surface area contributed by atoms with Crippen molar-refractivity contribution >= 4 is 6.03 Å². The maximum atomic E-state index is 12.7. The SMILES string of the molecule is O=C(N[C@H]1CCOC2(CCCCC2)C1)N1CC[C@@]2(CCOC2)C1. The minimum atomic E-state index is 0.0555. The van der Waals surface area contributed by atoms with Gasteiger partial charge < -0.3 is 19.7 Å². The molecule has 5 heteroatoms. The van der Waals surface area contributed by atoms with Crippen molar-refractivity contribution in [1.29, 1.82) is 0 Å². The molecule has 2 atom stereocenters. The average Bonchev–Trinajstić information content (AvgIpc) is 3.19. The number of ether oxygens (including phenoxy) is 2. The molecule has 2 spiro atoms. The van der Waals surface area contributed by atoms with Crippen molar-refractivity contribution in [2.75, 3.05) is 32.9 Å². The highest BCUT2D eigenvalue weighted by Crippen LogP contribution is 2.40. The Bertz CT molecular complexity index is 436. The summed E-state index contributed by atoms with van der Waals surface area (Å²) >= 11 is 0. The normalized spacial score (nSPS) is 36.7. The molecule has 130 valence electrons. The monoisotopic (exact) mass is 322 g/mol. The van der Waals surface area contributed by atoms with E-state index in [-0.39, 0.29) is 23.1 Å². The summed E-state index contributed by atoms with van der Waals surface area (Å²) in [5, 5.41) is 3.30. The zero-order valence-corrected chi connectivity index (χ0v) is 14.1. The van der Waals surface area contributed by atoms with Crippen molar-refractivity contribution in [1.82, 2.24) is 10.2 Å². The van der Waals surface area contributed by atoms with Gasteiger partial charge in [0.25, 0.3) is 0 Å². The molecule has 4 rings (SSSR count). The standard InChI is InChI=1S/C18H30N2O3/c21-16(20-9-7-17(13-20)8-11-22-14-17)19-15-4-10-23-18(12-15)5-2-1-3-6-18/h15H,1-14H2,(H,19,21)/t15-,17+/m0/s1. The van der Waals surface area contributed by atoms with Crippen LogP contribution in [0.5, 0.6) is 0 Å². The lowest BCUT2D eigenvalue weighted by Gasteiger charge is -2.43. The van der Waals surface area contributed by atoms with E-state index >= 15 is 0 Å². The summed E-state index contributed by atoms with van der Waals surface area (Å²) in [7, 11) is 0. The molecule has 4 aliphatic rings. The molecule has 4 fully saturated rings. The fraction of sp³-hybridized carbons (Fsp3) is 0.944. The Morgan fingerprint density at radius 1 is 1.09 bits per heavy atom. The van der Waals surface area contributed by atoms with Gasteiger partial charge in [0.05, 0.1) is 12.2 Å². The topological polar surface area (TPSA) is 50.8 Å². The van der Waals surface area contributed by atoms with Crippen molar-refractivity contribution in [3.05, 3.63) is 0 Å². The first-order chi connectivity index (χ1) is 11.2. The van der Waals surface area contributed by atoms with E-state index in [4.69, 9.17) is 9.47 Å². The van der Waals surface area contributed by atoms with Crippen LogP contribution in [0, 0.1) is 5.41 Å². The molecule has 3 heterocycles. The van der Waals surface area contributed by atoms with Crippen LogP contribution in [0.25, 0.3) is 0 Å². The van der Waals surface area contributed by atoms with Crippen molar-refractivity contribution < 1.29 is 14.3 Å². The van der Waals surface area contributed by atoms with Crippen molar-refractivity contribution in [3.8, 4) is 0 Å². The van der Waals surface area contributed by atoms with E-state index < -0.39 is 0 Å². The van der Waals surface area contributed by atoms with Gasteiger partial charge in [-0.1, -0.05) is 19.3 Å². The first kappa shape index (κ1) is 15.7. The molecule has 3 aliphatic heterocycles. The number of carbonyl (C=O) groups is 1. The highest BCUT2D eigenvalue weighted by molar-refractivity contribution is 5.75. The number of likely N-dealkylation sites (tertiary alicyclic amines) is 1. The Labute approximate surface area is 139 Å². The fourth-order valence-corrected chi connectivity index (χ4v) is 5.04. The first-order valence-electron chi connectivity index (χ1n) is 9.46. The third kappa shape index (κ3) is 3.22. The summed E-state index contributed by atoms with van der Waals surface area (Å²) in [4.78, 5) is 14.7. The lowest BCUT2D eigenvalue weighted by atomic mass is 9.78. The Kier molecular flexibility index (Phi) is 4.26. The molecule has 0 unspecified atom stereocenters. The highest BCUT2D eigenvalue weighted by Gasteiger charge is 2.44. The van der Waals surface area contributed by atoms with Gasteiger partial charge in [0.15, 0.2) is 0 Å². The van der Waals surface area contributed by atoms with Crippen LogP contribution in [0.4, 0.5) is 4.79 Å². The van der Waals surface area contributed by atoms with E-state index in [9.17, 15) is 4.79 Å². The van der Waals surface area contributed by atoms with Crippen LogP contribution in [0.15, 0.2) is 0 Å². The average molecular weight is 322 g/mol. The zero-order valence-electron chi connectivity index (χ0n) is 14.1. The minimum Gasteiger partial charge on any atom is -0.381 e. The maximum Gasteiger partial charge on any atom is 0.317 e. The second kappa shape index (κ2) is 6.25. The number of carbonyl (C=O) groups excluding carboxylic acids is 1. The van der Waals surface area contributed by atoms with E-state index in [1.807, 2.05) is 4.90 Å². The zero-order chi connectivity index (χ0) is 15.8. The summed E-state index contributed by atoms with van der Waals surface area (Å²) in [6.45, 7) is 4.23. The molecule has 0 aromatic heterocycles. The number of nitrogens with one attached hydrogen (secondary N) is 1. The number of urea groups is 1. The van der Waals surface area contributed by atoms with Gasteiger partial charge in [-0.3, -0.25) is 0 Å². The third-order valence-electron chi connectivity index (χ3n) is 6.50. The van der Waals surface area contributed by atoms with E-state index in [1.54, 1.807) is 0 Å². The Balaban J connectivity index is 1.32. The van der Waals surface area contributed by atoms with Gasteiger partial charge in [-0.15, -0.1) is 0 Å². The second-order valence-corrected chi connectivity index (χ2v) is 8.21. The van der Waals surface area contributed by atoms with Crippen LogP contribution >= 0.6 is 0 Å². The van der Waals surface area contributed by atoms with Crippen LogP contribution in [0.3, 0.4) is 0 Å². The van der Waals surface area contributed by atoms with Crippen molar-refractivity contribution in [3.63, 3.8) is 0 Å². The third-order valence-corrected chi connectivity index (χ3v) is 6.50. The van der Waals surface area contributed by atoms with Gasteiger partial charge in [-0.05, 0) is 38.5 Å². The van der Waals surface area contributed by atoms with Gasteiger partial charge in [0.2, 0.25) is 0 Å². The number of rotatable bonds is 1. The summed E-state index contributed by atoms with van der Waals surface area (Å²) < 4.78 is 11.7. The Hall–Kier alpha value is -0.810. The maximum absolute atomic E-state index is 12.7. The van der Waals surface area contributed by atoms with Crippen LogP contribution in [-0.4, -0.2) is 55.5 Å². The number of nitrogens with zero attached hydrogens (tertiary/aromatic N) is 1. The molecule has 1 saturated carbocycles. The van der Waals surface area contributed by atoms with E-state index in [0.29, 0.717) is 0 Å². The summed E-state index contributed by atoms with van der Waals surface area (Å²) in [6, 6.07) is 0.414. The van der Waals surface area contributed by atoms with Gasteiger partial charge in [-0.25, -0.2) is 4.79 Å². The predicted molar refractivity (Wildman–Crippen MR) is 87.4 cm³/mol. The largest absolute Gasteiger partial charge is 0.381 e. The fourth-order valence-electron chi connectivity index (χ4n) is 5.04. The number of hydrogen-bond donors (Lipinski definition) is 1. The molecule has 2 amide bonds. The minimum absolute atomic E-state index is 0.0555. The molecule has 1 aliphatic carbocycles. The van der Waals surface area contributed by atoms with Crippen LogP contribution in [-0.2, 0) is 9.47 Å². The van der Waals surface area contributed by atoms with Gasteiger partial charge >= 0.3 is 6.03 Å². The van der Waals surface area contributed by atoms with Gasteiger partial charge in [0, 0.05) is 37.8 Å². The van der Waals surface area contributed by atoms with Crippen molar-refractivity contribution in [2.24, 2.45) is 5.41 Å². The molecule has 0 aromatic rings. The summed E-state index contributed by atoms with van der Waals surface area (Å²) in [5.41, 5.74) is 0.303. The van der Waals surface area contributed by atoms with E-state index in [1.165, 1.54) is 32.1 Å². The molecule has 0 bridgehead atoms. The second-order valence-electron chi connectivity index (χ2n) is 8.21. The molecule has 23 heavy (non-hydrogen) atoms. The first-order valence-corrected chi connectivity index (χ1v) is 9.46. The van der Waals surface area contributed by atoms with Crippen LogP contribution in [0.1, 0.15) is 57.8 Å². The van der Waals surface area contributed by atoms with Crippen LogP contribution < -0.4 is 5.32 Å². The van der Waals surface area contributed by atoms with E-state index in [2.05, 4.69) is 5.32 Å². The molecule has 3 saturated heterocycles. The van der Waals surface area contributed by atoms with Gasteiger partial charge in [-0.2, -0.15) is 0 Å². The molecule has 0 radical (unpaired) electrons. The summed E-state index contributed by atoms with van der Waals surface area (Å²) in [6.07, 6.45) is 10.4. The number of amides is 2. The lowest BCUT2D eigenvalue weighted by molar-refractivity contribution is -0.108. The molecule has 1 N–H and O–H groups in total. The molecule has 5 nitrogen and oxygen atoms in total. The molecular formula is C18H30N2O3. The smallest absolute Gasteiger partial charge is 0.317 e. The lowest BCUT2D eigenvalue weighted by Crippen LogP contribution is -2.52. The van der Waals surface area contributed by atoms with Crippen LogP contribution in [0.2, 0.25) is 0 Å². The van der Waals surface area contributed by atoms with E-state index in [0.717, 1.165) is 58.6 Å². The number of hydrogen-bond acceptors (Lipinski definition) is 3. The quantitative estimate of drug-likeness (QED) is 0.807.